The van der Waals surface area contributed by atoms with Crippen LogP contribution in [0.4, 0.5) is 22.7 Å². The molecule has 110 valence electrons. The molecular formula is C18H16N2O2. The van der Waals surface area contributed by atoms with Gasteiger partial charge in [-0.3, -0.25) is 9.59 Å². The summed E-state index contributed by atoms with van der Waals surface area (Å²) in [7, 11) is 3.60. The van der Waals surface area contributed by atoms with Crippen molar-refractivity contribution in [3.8, 4) is 0 Å². The molecule has 0 amide bonds. The molecule has 3 aromatic rings. The fourth-order valence-corrected chi connectivity index (χ4v) is 2.55. The molecular weight excluding hydrogens is 276 g/mol. The Bertz CT molecular complexity index is 777. The van der Waals surface area contributed by atoms with Crippen LogP contribution in [0.15, 0.2) is 70.3 Å². The van der Waals surface area contributed by atoms with E-state index >= 15 is 0 Å². The third kappa shape index (κ3) is 2.19. The third-order valence-corrected chi connectivity index (χ3v) is 3.82. The van der Waals surface area contributed by atoms with Crippen molar-refractivity contribution in [2.75, 3.05) is 23.9 Å². The highest BCUT2D eigenvalue weighted by Crippen LogP contribution is 2.32. The number of para-hydroxylation sites is 2. The summed E-state index contributed by atoms with van der Waals surface area (Å²) < 4.78 is 0. The molecule has 0 bridgehead atoms. The van der Waals surface area contributed by atoms with Gasteiger partial charge in [0.15, 0.2) is 0 Å². The molecule has 22 heavy (non-hydrogen) atoms. The first-order valence-electron chi connectivity index (χ1n) is 7.02. The summed E-state index contributed by atoms with van der Waals surface area (Å²) in [6.45, 7) is 0. The summed E-state index contributed by atoms with van der Waals surface area (Å²) in [5.41, 5.74) is 1.73. The third-order valence-electron chi connectivity index (χ3n) is 3.82. The lowest BCUT2D eigenvalue weighted by molar-refractivity contribution is 1.10. The zero-order valence-electron chi connectivity index (χ0n) is 12.5. The van der Waals surface area contributed by atoms with Crippen molar-refractivity contribution in [3.63, 3.8) is 0 Å². The van der Waals surface area contributed by atoms with Gasteiger partial charge in [0.1, 0.15) is 11.4 Å². The lowest BCUT2D eigenvalue weighted by Crippen LogP contribution is -2.41. The summed E-state index contributed by atoms with van der Waals surface area (Å²) in [5, 5.41) is 0. The standard InChI is InChI=1S/C18H16N2O2/c1-19(13-9-5-3-6-10-13)15-16(18(22)17(15)21)20(2)14-11-7-4-8-12-14/h3-12H,1-2H3. The molecule has 0 fully saturated rings. The Morgan fingerprint density at radius 3 is 1.23 bits per heavy atom. The molecule has 0 aromatic heterocycles. The van der Waals surface area contributed by atoms with Gasteiger partial charge in [0.2, 0.25) is 0 Å². The maximum absolute atomic E-state index is 12.0. The monoisotopic (exact) mass is 292 g/mol. The number of rotatable bonds is 4. The summed E-state index contributed by atoms with van der Waals surface area (Å²) in [4.78, 5) is 27.6. The van der Waals surface area contributed by atoms with Crippen LogP contribution >= 0.6 is 0 Å². The van der Waals surface area contributed by atoms with Gasteiger partial charge < -0.3 is 9.80 Å². The van der Waals surface area contributed by atoms with Crippen molar-refractivity contribution in [1.82, 2.24) is 0 Å². The largest absolute Gasteiger partial charge is 0.339 e. The Kier molecular flexibility index (Phi) is 3.51. The molecule has 0 aliphatic carbocycles. The van der Waals surface area contributed by atoms with Crippen molar-refractivity contribution in [1.29, 1.82) is 0 Å². The van der Waals surface area contributed by atoms with Crippen LogP contribution in [0, 0.1) is 0 Å². The second kappa shape index (κ2) is 5.48. The van der Waals surface area contributed by atoms with Gasteiger partial charge in [-0.15, -0.1) is 0 Å². The first kappa shape index (κ1) is 14.1. The Morgan fingerprint density at radius 2 is 0.909 bits per heavy atom. The van der Waals surface area contributed by atoms with Crippen LogP contribution in [-0.4, -0.2) is 14.1 Å². The Hall–Kier alpha value is -2.88. The van der Waals surface area contributed by atoms with Gasteiger partial charge in [-0.05, 0) is 24.3 Å². The van der Waals surface area contributed by atoms with Crippen LogP contribution in [0.25, 0.3) is 0 Å². The van der Waals surface area contributed by atoms with E-state index in [4.69, 9.17) is 0 Å². The highest BCUT2D eigenvalue weighted by molar-refractivity contribution is 5.84. The maximum Gasteiger partial charge on any atom is 0.253 e. The van der Waals surface area contributed by atoms with Gasteiger partial charge in [0.25, 0.3) is 10.9 Å². The van der Waals surface area contributed by atoms with Crippen molar-refractivity contribution in [3.05, 3.63) is 81.1 Å². The second-order valence-corrected chi connectivity index (χ2v) is 5.14. The van der Waals surface area contributed by atoms with Gasteiger partial charge in [-0.1, -0.05) is 36.4 Å². The topological polar surface area (TPSA) is 40.6 Å². The molecule has 0 aliphatic rings. The minimum atomic E-state index is -0.441. The van der Waals surface area contributed by atoms with Crippen LogP contribution in [0.2, 0.25) is 0 Å². The highest BCUT2D eigenvalue weighted by atomic mass is 16.2. The van der Waals surface area contributed by atoms with Gasteiger partial charge in [-0.2, -0.15) is 0 Å². The molecule has 0 radical (unpaired) electrons. The summed E-state index contributed by atoms with van der Waals surface area (Å²) in [6.07, 6.45) is 0. The molecule has 0 N–H and O–H groups in total. The summed E-state index contributed by atoms with van der Waals surface area (Å²) in [6, 6.07) is 19.1. The lowest BCUT2D eigenvalue weighted by atomic mass is 10.1. The Morgan fingerprint density at radius 1 is 0.591 bits per heavy atom. The van der Waals surface area contributed by atoms with E-state index in [2.05, 4.69) is 0 Å². The SMILES string of the molecule is CN(c1ccccc1)c1c(N(C)c2ccccc2)c(=O)c1=O. The van der Waals surface area contributed by atoms with E-state index in [1.807, 2.05) is 60.7 Å². The number of benzene rings is 2. The molecule has 3 aromatic carbocycles. The molecule has 0 saturated carbocycles. The van der Waals surface area contributed by atoms with E-state index in [1.54, 1.807) is 23.9 Å². The van der Waals surface area contributed by atoms with Crippen molar-refractivity contribution >= 4 is 22.7 Å². The number of hydrogen-bond acceptors (Lipinski definition) is 4. The van der Waals surface area contributed by atoms with Crippen molar-refractivity contribution in [2.24, 2.45) is 0 Å². The van der Waals surface area contributed by atoms with Crippen LogP contribution in [-0.2, 0) is 0 Å². The quantitative estimate of drug-likeness (QED) is 0.693. The first-order valence-corrected chi connectivity index (χ1v) is 7.02. The fourth-order valence-electron chi connectivity index (χ4n) is 2.55. The van der Waals surface area contributed by atoms with Gasteiger partial charge in [-0.25, -0.2) is 0 Å². The predicted octanol–water partition coefficient (Wildman–Crippen LogP) is 2.82. The van der Waals surface area contributed by atoms with E-state index in [1.165, 1.54) is 0 Å². The number of nitrogens with zero attached hydrogens (tertiary/aromatic N) is 2. The van der Waals surface area contributed by atoms with Crippen molar-refractivity contribution in [2.45, 2.75) is 0 Å². The predicted molar refractivity (Wildman–Crippen MR) is 90.4 cm³/mol. The number of hydrogen-bond donors (Lipinski definition) is 0. The molecule has 0 unspecified atom stereocenters. The first-order chi connectivity index (χ1) is 10.6. The van der Waals surface area contributed by atoms with Crippen molar-refractivity contribution < 1.29 is 0 Å². The average molecular weight is 292 g/mol. The normalized spacial score (nSPS) is 10.6. The van der Waals surface area contributed by atoms with E-state index < -0.39 is 10.9 Å². The lowest BCUT2D eigenvalue weighted by Gasteiger charge is -2.28. The highest BCUT2D eigenvalue weighted by Gasteiger charge is 2.28. The average Bonchev–Trinajstić information content (AvgIpc) is 2.59. The van der Waals surface area contributed by atoms with E-state index in [9.17, 15) is 9.59 Å². The smallest absolute Gasteiger partial charge is 0.253 e. The summed E-state index contributed by atoms with van der Waals surface area (Å²) >= 11 is 0. The Balaban J connectivity index is 2.03. The molecule has 4 nitrogen and oxygen atoms in total. The molecule has 0 aliphatic heterocycles. The Labute approximate surface area is 128 Å². The fraction of sp³-hybridized carbons (Fsp3) is 0.111. The molecule has 0 saturated heterocycles. The van der Waals surface area contributed by atoms with Gasteiger partial charge in [0.05, 0.1) is 0 Å². The van der Waals surface area contributed by atoms with E-state index in [0.717, 1.165) is 11.4 Å². The van der Waals surface area contributed by atoms with Crippen LogP contribution < -0.4 is 20.7 Å². The van der Waals surface area contributed by atoms with E-state index in [-0.39, 0.29) is 0 Å². The number of anilines is 4. The van der Waals surface area contributed by atoms with Gasteiger partial charge in [0, 0.05) is 25.5 Å². The zero-order valence-corrected chi connectivity index (χ0v) is 12.5. The second-order valence-electron chi connectivity index (χ2n) is 5.14. The van der Waals surface area contributed by atoms with Crippen LogP contribution in [0.5, 0.6) is 0 Å². The maximum atomic E-state index is 12.0. The minimum absolute atomic E-state index is 0.433. The van der Waals surface area contributed by atoms with Gasteiger partial charge >= 0.3 is 0 Å². The minimum Gasteiger partial charge on any atom is -0.339 e. The molecule has 0 atom stereocenters. The van der Waals surface area contributed by atoms with Crippen LogP contribution in [0.3, 0.4) is 0 Å². The molecule has 0 spiro atoms. The van der Waals surface area contributed by atoms with Crippen LogP contribution in [0.1, 0.15) is 0 Å². The zero-order chi connectivity index (χ0) is 15.7. The summed E-state index contributed by atoms with van der Waals surface area (Å²) in [5.74, 6) is 0. The molecule has 0 heterocycles. The molecule has 4 heteroatoms. The van der Waals surface area contributed by atoms with E-state index in [0.29, 0.717) is 11.4 Å². The molecule has 3 rings (SSSR count).